The summed E-state index contributed by atoms with van der Waals surface area (Å²) in [5, 5.41) is 25.0. The number of hydrogen-bond donors (Lipinski definition) is 3. The molecule has 2 aromatic rings. The maximum atomic E-state index is 9.28. The maximum Gasteiger partial charge on any atom is 0.167 e. The van der Waals surface area contributed by atoms with E-state index in [-0.39, 0.29) is 30.4 Å². The summed E-state index contributed by atoms with van der Waals surface area (Å²) in [5.74, 6) is 0.153. The Labute approximate surface area is 96.7 Å². The molecule has 1 heterocycles. The van der Waals surface area contributed by atoms with Crippen LogP contribution in [-0.2, 0) is 6.42 Å². The van der Waals surface area contributed by atoms with Crippen molar-refractivity contribution in [3.63, 3.8) is 0 Å². The van der Waals surface area contributed by atoms with E-state index in [2.05, 4.69) is 10.3 Å². The Bertz CT molecular complexity index is 524. The van der Waals surface area contributed by atoms with E-state index in [4.69, 9.17) is 15.5 Å². The molecular weight excluding hydrogens is 234 g/mol. The van der Waals surface area contributed by atoms with Crippen LogP contribution in [0.3, 0.4) is 0 Å². The molecule has 0 bridgehead atoms. The van der Waals surface area contributed by atoms with Gasteiger partial charge in [-0.25, -0.2) is 0 Å². The van der Waals surface area contributed by atoms with Gasteiger partial charge in [-0.2, -0.15) is 0 Å². The lowest BCUT2D eigenvalue weighted by Crippen LogP contribution is -2.14. The van der Waals surface area contributed by atoms with Gasteiger partial charge in [0.2, 0.25) is 0 Å². The first-order chi connectivity index (χ1) is 7.20. The van der Waals surface area contributed by atoms with Crippen LogP contribution in [0, 0.1) is 0 Å². The molecule has 0 radical (unpaired) electrons. The van der Waals surface area contributed by atoms with Gasteiger partial charge in [0.05, 0.1) is 12.1 Å². The summed E-state index contributed by atoms with van der Waals surface area (Å²) in [7, 11) is 0. The molecule has 0 atom stereocenters. The van der Waals surface area contributed by atoms with Crippen molar-refractivity contribution in [2.45, 2.75) is 6.42 Å². The molecule has 2 rings (SSSR count). The predicted molar refractivity (Wildman–Crippen MR) is 60.0 cm³/mol. The van der Waals surface area contributed by atoms with Crippen LogP contribution < -0.4 is 5.73 Å². The second-order valence-corrected chi connectivity index (χ2v) is 3.08. The summed E-state index contributed by atoms with van der Waals surface area (Å²) in [4.78, 5) is 0. The molecule has 0 unspecified atom stereocenters. The molecule has 0 saturated carbocycles. The molecule has 0 saturated heterocycles. The molecule has 0 spiro atoms. The van der Waals surface area contributed by atoms with Gasteiger partial charge in [-0.1, -0.05) is 10.3 Å². The van der Waals surface area contributed by atoms with Crippen LogP contribution in [-0.4, -0.2) is 21.3 Å². The van der Waals surface area contributed by atoms with E-state index >= 15 is 0 Å². The zero-order valence-corrected chi connectivity index (χ0v) is 8.94. The minimum atomic E-state index is 0. The second kappa shape index (κ2) is 4.71. The average Bonchev–Trinajstić information content (AvgIpc) is 2.61. The third-order valence-corrected chi connectivity index (χ3v) is 2.01. The fourth-order valence-corrected chi connectivity index (χ4v) is 1.31. The number of nitrogens with two attached hydrogens (primary N) is 1. The van der Waals surface area contributed by atoms with Crippen LogP contribution in [0.4, 0.5) is 0 Å². The van der Waals surface area contributed by atoms with Crippen LogP contribution >= 0.6 is 12.4 Å². The molecule has 86 valence electrons. The van der Waals surface area contributed by atoms with E-state index in [1.165, 1.54) is 12.1 Å². The van der Waals surface area contributed by atoms with E-state index < -0.39 is 0 Å². The van der Waals surface area contributed by atoms with Crippen molar-refractivity contribution in [1.82, 2.24) is 5.16 Å². The summed E-state index contributed by atoms with van der Waals surface area (Å²) >= 11 is 0. The van der Waals surface area contributed by atoms with E-state index in [0.717, 1.165) is 0 Å². The highest BCUT2D eigenvalue weighted by molar-refractivity contribution is 5.88. The molecule has 1 aromatic heterocycles. The molecule has 0 aliphatic rings. The Morgan fingerprint density at radius 3 is 2.94 bits per heavy atom. The van der Waals surface area contributed by atoms with E-state index in [1.807, 2.05) is 0 Å². The number of benzene rings is 1. The van der Waals surface area contributed by atoms with Crippen LogP contribution in [0.1, 0.15) is 5.69 Å². The normalized spacial score (nSPS) is 11.4. The second-order valence-electron chi connectivity index (χ2n) is 3.08. The largest absolute Gasteiger partial charge is 0.508 e. The minimum absolute atomic E-state index is 0. The summed E-state index contributed by atoms with van der Waals surface area (Å²) in [5.41, 5.74) is 6.42. The van der Waals surface area contributed by atoms with E-state index in [1.54, 1.807) is 6.07 Å². The number of amidine groups is 1. The molecule has 0 aliphatic heterocycles. The van der Waals surface area contributed by atoms with Crippen molar-refractivity contribution in [2.75, 3.05) is 0 Å². The fraction of sp³-hybridized carbons (Fsp3) is 0.111. The number of oxime groups is 1. The minimum Gasteiger partial charge on any atom is -0.508 e. The summed E-state index contributed by atoms with van der Waals surface area (Å²) < 4.78 is 5.00. The van der Waals surface area contributed by atoms with Gasteiger partial charge in [0.25, 0.3) is 0 Å². The number of aromatic hydroxyl groups is 1. The van der Waals surface area contributed by atoms with Crippen molar-refractivity contribution in [1.29, 1.82) is 0 Å². The van der Waals surface area contributed by atoms with Gasteiger partial charge in [0.1, 0.15) is 11.6 Å². The maximum absolute atomic E-state index is 9.28. The molecule has 1 aromatic carbocycles. The monoisotopic (exact) mass is 243 g/mol. The average molecular weight is 244 g/mol. The van der Waals surface area contributed by atoms with Crippen molar-refractivity contribution < 1.29 is 14.8 Å². The number of phenolic OH excluding ortho intramolecular Hbond substituents is 1. The zero-order valence-electron chi connectivity index (χ0n) is 8.12. The van der Waals surface area contributed by atoms with E-state index in [0.29, 0.717) is 16.7 Å². The summed E-state index contributed by atoms with van der Waals surface area (Å²) in [6.07, 6.45) is 0.174. The van der Waals surface area contributed by atoms with Crippen LogP contribution in [0.2, 0.25) is 0 Å². The fourth-order valence-electron chi connectivity index (χ4n) is 1.31. The van der Waals surface area contributed by atoms with Gasteiger partial charge in [-0.05, 0) is 18.2 Å². The van der Waals surface area contributed by atoms with Gasteiger partial charge >= 0.3 is 0 Å². The summed E-state index contributed by atoms with van der Waals surface area (Å²) in [6.45, 7) is 0. The first-order valence-corrected chi connectivity index (χ1v) is 4.24. The Kier molecular flexibility index (Phi) is 3.57. The molecule has 16 heavy (non-hydrogen) atoms. The molecular formula is C9H10ClN3O3. The topological polar surface area (TPSA) is 105 Å². The Hall–Kier alpha value is -1.95. The highest BCUT2D eigenvalue weighted by Gasteiger charge is 2.10. The number of fused-ring (bicyclic) bond motifs is 1. The van der Waals surface area contributed by atoms with Crippen molar-refractivity contribution in [3.05, 3.63) is 23.9 Å². The lowest BCUT2D eigenvalue weighted by atomic mass is 10.1. The molecule has 0 fully saturated rings. The van der Waals surface area contributed by atoms with Crippen molar-refractivity contribution in [2.24, 2.45) is 10.9 Å². The smallest absolute Gasteiger partial charge is 0.167 e. The number of halogens is 1. The zero-order chi connectivity index (χ0) is 10.8. The number of phenols is 1. The lowest BCUT2D eigenvalue weighted by Gasteiger charge is -1.94. The van der Waals surface area contributed by atoms with Crippen LogP contribution in [0.5, 0.6) is 5.75 Å². The Morgan fingerprint density at radius 2 is 2.25 bits per heavy atom. The Morgan fingerprint density at radius 1 is 1.50 bits per heavy atom. The highest BCUT2D eigenvalue weighted by Crippen LogP contribution is 2.23. The van der Waals surface area contributed by atoms with Crippen LogP contribution in [0.25, 0.3) is 11.0 Å². The number of rotatable bonds is 2. The number of nitrogens with zero attached hydrogens (tertiary/aromatic N) is 2. The molecule has 7 heteroatoms. The third-order valence-electron chi connectivity index (χ3n) is 2.01. The first-order valence-electron chi connectivity index (χ1n) is 4.24. The van der Waals surface area contributed by atoms with E-state index in [9.17, 15) is 5.11 Å². The quantitative estimate of drug-likeness (QED) is 0.319. The number of hydrogen-bond acceptors (Lipinski definition) is 5. The molecule has 0 amide bonds. The standard InChI is InChI=1S/C9H9N3O3.ClH/c10-9(11-14)4-7-6-3-5(13)1-2-8(6)15-12-7;/h1-3,13-14H,4H2,(H2,10,11);1H. The van der Waals surface area contributed by atoms with Gasteiger partial charge < -0.3 is 20.6 Å². The first kappa shape index (κ1) is 12.1. The molecule has 4 N–H and O–H groups in total. The third kappa shape index (κ3) is 2.17. The van der Waals surface area contributed by atoms with Crippen LogP contribution in [0.15, 0.2) is 27.9 Å². The predicted octanol–water partition coefficient (Wildman–Crippen LogP) is 1.24. The summed E-state index contributed by atoms with van der Waals surface area (Å²) in [6, 6.07) is 4.63. The lowest BCUT2D eigenvalue weighted by molar-refractivity contribution is 0.317. The Balaban J connectivity index is 0.00000128. The van der Waals surface area contributed by atoms with Crippen molar-refractivity contribution >= 4 is 29.2 Å². The highest BCUT2D eigenvalue weighted by atomic mass is 35.5. The number of aromatic nitrogens is 1. The van der Waals surface area contributed by atoms with Gasteiger partial charge in [0.15, 0.2) is 5.58 Å². The molecule has 6 nitrogen and oxygen atoms in total. The van der Waals surface area contributed by atoms with Gasteiger partial charge in [-0.3, -0.25) is 0 Å². The molecule has 0 aliphatic carbocycles. The van der Waals surface area contributed by atoms with Crippen molar-refractivity contribution in [3.8, 4) is 5.75 Å². The van der Waals surface area contributed by atoms with Gasteiger partial charge in [-0.15, -0.1) is 12.4 Å². The van der Waals surface area contributed by atoms with Gasteiger partial charge in [0, 0.05) is 5.39 Å². The SMILES string of the molecule is Cl.NC(Cc1noc2ccc(O)cc12)=NO.